The molecule has 1 aliphatic heterocycles. The van der Waals surface area contributed by atoms with E-state index in [4.69, 9.17) is 9.47 Å². The Morgan fingerprint density at radius 3 is 2.46 bits per heavy atom. The number of H-pyrrole nitrogens is 1. The van der Waals surface area contributed by atoms with E-state index in [0.29, 0.717) is 24.8 Å². The van der Waals surface area contributed by atoms with Crippen molar-refractivity contribution in [3.63, 3.8) is 0 Å². The van der Waals surface area contributed by atoms with Crippen LogP contribution in [0.2, 0.25) is 0 Å². The van der Waals surface area contributed by atoms with Crippen LogP contribution in [0.1, 0.15) is 54.3 Å². The Kier molecular flexibility index (Phi) is 7.25. The van der Waals surface area contributed by atoms with Gasteiger partial charge in [-0.25, -0.2) is 4.98 Å². The van der Waals surface area contributed by atoms with Gasteiger partial charge >= 0.3 is 0 Å². The third kappa shape index (κ3) is 5.23. The quantitative estimate of drug-likeness (QED) is 0.301. The molecule has 1 atom stereocenters. The van der Waals surface area contributed by atoms with Crippen LogP contribution in [-0.2, 0) is 6.54 Å². The van der Waals surface area contributed by atoms with E-state index in [-0.39, 0.29) is 11.9 Å². The second-order valence-electron chi connectivity index (χ2n) is 9.74. The van der Waals surface area contributed by atoms with E-state index in [1.807, 2.05) is 52.1 Å². The van der Waals surface area contributed by atoms with Crippen molar-refractivity contribution in [2.45, 2.75) is 39.3 Å². The molecule has 2 aromatic carbocycles. The van der Waals surface area contributed by atoms with E-state index >= 15 is 0 Å². The number of methoxy groups -OCH3 is 1. The average Bonchev–Trinajstić information content (AvgIpc) is 3.64. The number of carbonyl (C=O) groups excluding carboxylic acids is 1. The molecule has 5 rings (SSSR count). The molecule has 4 aromatic rings. The number of rotatable bonds is 11. The zero-order valence-electron chi connectivity index (χ0n) is 21.6. The number of nitrogens with zero attached hydrogens (tertiary/aromatic N) is 4. The molecule has 8 nitrogen and oxygen atoms in total. The Hall–Kier alpha value is -4.07. The summed E-state index contributed by atoms with van der Waals surface area (Å²) in [5.41, 5.74) is 4.21. The van der Waals surface area contributed by atoms with Gasteiger partial charge in [-0.2, -0.15) is 5.10 Å². The summed E-state index contributed by atoms with van der Waals surface area (Å²) in [6, 6.07) is 15.6. The van der Waals surface area contributed by atoms with E-state index in [1.165, 1.54) is 0 Å². The van der Waals surface area contributed by atoms with Crippen molar-refractivity contribution < 1.29 is 14.3 Å². The minimum Gasteiger partial charge on any atom is -0.497 e. The number of hydrogen-bond acceptors (Lipinski definition) is 5. The van der Waals surface area contributed by atoms with Gasteiger partial charge in [-0.3, -0.25) is 9.89 Å². The highest BCUT2D eigenvalue weighted by molar-refractivity contribution is 6.00. The summed E-state index contributed by atoms with van der Waals surface area (Å²) in [5.74, 6) is 2.17. The van der Waals surface area contributed by atoms with Gasteiger partial charge in [-0.1, -0.05) is 26.0 Å². The zero-order valence-corrected chi connectivity index (χ0v) is 21.6. The normalized spacial score (nSPS) is 14.9. The fraction of sp³-hybridized carbons (Fsp3) is 0.345. The molecule has 0 radical (unpaired) electrons. The van der Waals surface area contributed by atoms with Crippen LogP contribution in [0, 0.1) is 5.92 Å². The maximum Gasteiger partial charge on any atom is 0.273 e. The molecule has 37 heavy (non-hydrogen) atoms. The molecule has 0 bridgehead atoms. The Morgan fingerprint density at radius 1 is 1.03 bits per heavy atom. The van der Waals surface area contributed by atoms with Crippen LogP contribution in [0.15, 0.2) is 67.3 Å². The van der Waals surface area contributed by atoms with Gasteiger partial charge in [0, 0.05) is 36.6 Å². The van der Waals surface area contributed by atoms with Crippen molar-refractivity contribution in [1.29, 1.82) is 0 Å². The standard InChI is InChI=1S/C29H33N5O3/c1-20(2)13-18-37-24-11-7-22(8-12-24)28-25-26(21-5-9-23(36-3)10-6-21)31-32-27(25)29(35)34(28)16-4-15-33-17-14-30-19-33/h5-12,14,17,19-20,28H,4,13,15-16,18H2,1-3H3,(H,31,32). The number of fused-ring (bicyclic) bond motifs is 1. The fourth-order valence-electron chi connectivity index (χ4n) is 4.74. The zero-order chi connectivity index (χ0) is 25.8. The first kappa shape index (κ1) is 24.6. The van der Waals surface area contributed by atoms with E-state index in [2.05, 4.69) is 41.2 Å². The largest absolute Gasteiger partial charge is 0.497 e. The van der Waals surface area contributed by atoms with Crippen LogP contribution in [-0.4, -0.2) is 50.8 Å². The molecule has 3 heterocycles. The Morgan fingerprint density at radius 2 is 1.78 bits per heavy atom. The first-order chi connectivity index (χ1) is 18.0. The molecule has 0 saturated heterocycles. The lowest BCUT2D eigenvalue weighted by Gasteiger charge is -2.26. The topological polar surface area (TPSA) is 85.3 Å². The Labute approximate surface area is 217 Å². The van der Waals surface area contributed by atoms with Gasteiger partial charge in [0.1, 0.15) is 17.2 Å². The highest BCUT2D eigenvalue weighted by Crippen LogP contribution is 2.43. The van der Waals surface area contributed by atoms with E-state index in [9.17, 15) is 4.79 Å². The molecular formula is C29H33N5O3. The second-order valence-corrected chi connectivity index (χ2v) is 9.74. The third-order valence-electron chi connectivity index (χ3n) is 6.76. The van der Waals surface area contributed by atoms with Gasteiger partial charge in [0.25, 0.3) is 5.91 Å². The fourth-order valence-corrected chi connectivity index (χ4v) is 4.74. The SMILES string of the molecule is COc1ccc(-c2n[nH]c3c2C(c2ccc(OCCC(C)C)cc2)N(CCCn2ccnc2)C3=O)cc1. The van der Waals surface area contributed by atoms with E-state index in [1.54, 1.807) is 19.6 Å². The Bertz CT molecular complexity index is 1310. The average molecular weight is 500 g/mol. The predicted molar refractivity (Wildman–Crippen MR) is 142 cm³/mol. The summed E-state index contributed by atoms with van der Waals surface area (Å²) in [5, 5.41) is 7.60. The first-order valence-corrected chi connectivity index (χ1v) is 12.8. The van der Waals surface area contributed by atoms with Crippen LogP contribution in [0.5, 0.6) is 11.5 Å². The number of aryl methyl sites for hydroxylation is 1. The maximum absolute atomic E-state index is 13.6. The van der Waals surface area contributed by atoms with Gasteiger partial charge in [-0.05, 0) is 60.7 Å². The van der Waals surface area contributed by atoms with Crippen LogP contribution in [0.25, 0.3) is 11.3 Å². The summed E-state index contributed by atoms with van der Waals surface area (Å²) >= 11 is 0. The number of hydrogen-bond donors (Lipinski definition) is 1. The number of amides is 1. The van der Waals surface area contributed by atoms with Crippen LogP contribution < -0.4 is 9.47 Å². The van der Waals surface area contributed by atoms with E-state index in [0.717, 1.165) is 53.3 Å². The number of ether oxygens (including phenoxy) is 2. The molecule has 0 aliphatic carbocycles. The monoisotopic (exact) mass is 499 g/mol. The molecule has 1 unspecified atom stereocenters. The van der Waals surface area contributed by atoms with Crippen LogP contribution in [0.3, 0.4) is 0 Å². The molecule has 0 saturated carbocycles. The summed E-state index contributed by atoms with van der Waals surface area (Å²) < 4.78 is 13.3. The molecule has 8 heteroatoms. The summed E-state index contributed by atoms with van der Waals surface area (Å²) in [6.45, 7) is 6.46. The van der Waals surface area contributed by atoms with Crippen molar-refractivity contribution in [2.24, 2.45) is 5.92 Å². The van der Waals surface area contributed by atoms with Gasteiger partial charge in [-0.15, -0.1) is 0 Å². The van der Waals surface area contributed by atoms with Crippen molar-refractivity contribution in [2.75, 3.05) is 20.3 Å². The van der Waals surface area contributed by atoms with Crippen LogP contribution in [0.4, 0.5) is 0 Å². The number of aromatic amines is 1. The second kappa shape index (κ2) is 10.9. The number of aromatic nitrogens is 4. The first-order valence-electron chi connectivity index (χ1n) is 12.8. The van der Waals surface area contributed by atoms with Gasteiger partial charge in [0.15, 0.2) is 0 Å². The predicted octanol–water partition coefficient (Wildman–Crippen LogP) is 5.34. The van der Waals surface area contributed by atoms with Crippen molar-refractivity contribution in [3.05, 3.63) is 84.1 Å². The number of imidazole rings is 1. The van der Waals surface area contributed by atoms with E-state index < -0.39 is 0 Å². The lowest BCUT2D eigenvalue weighted by atomic mass is 9.96. The number of benzene rings is 2. The highest BCUT2D eigenvalue weighted by Gasteiger charge is 2.41. The summed E-state index contributed by atoms with van der Waals surface area (Å²) in [7, 11) is 1.65. The third-order valence-corrected chi connectivity index (χ3v) is 6.76. The Balaban J connectivity index is 1.45. The molecule has 1 amide bonds. The lowest BCUT2D eigenvalue weighted by Crippen LogP contribution is -2.31. The van der Waals surface area contributed by atoms with Gasteiger partial charge in [0.05, 0.1) is 31.8 Å². The van der Waals surface area contributed by atoms with Crippen LogP contribution >= 0.6 is 0 Å². The number of nitrogens with one attached hydrogen (secondary N) is 1. The smallest absolute Gasteiger partial charge is 0.273 e. The molecule has 2 aromatic heterocycles. The van der Waals surface area contributed by atoms with Gasteiger partial charge < -0.3 is 18.9 Å². The molecular weight excluding hydrogens is 466 g/mol. The van der Waals surface area contributed by atoms with Crippen molar-refractivity contribution in [1.82, 2.24) is 24.6 Å². The maximum atomic E-state index is 13.6. The number of carbonyl (C=O) groups is 1. The molecule has 1 N–H and O–H groups in total. The highest BCUT2D eigenvalue weighted by atomic mass is 16.5. The minimum absolute atomic E-state index is 0.0323. The molecule has 192 valence electrons. The summed E-state index contributed by atoms with van der Waals surface area (Å²) in [4.78, 5) is 19.6. The molecule has 1 aliphatic rings. The van der Waals surface area contributed by atoms with Crippen molar-refractivity contribution >= 4 is 5.91 Å². The van der Waals surface area contributed by atoms with Crippen molar-refractivity contribution in [3.8, 4) is 22.8 Å². The van der Waals surface area contributed by atoms with Gasteiger partial charge in [0.2, 0.25) is 0 Å². The summed E-state index contributed by atoms with van der Waals surface area (Å²) in [6.07, 6.45) is 7.33. The molecule has 0 spiro atoms. The minimum atomic E-state index is -0.245. The lowest BCUT2D eigenvalue weighted by molar-refractivity contribution is 0.0739. The molecule has 0 fully saturated rings.